The van der Waals surface area contributed by atoms with Crippen LogP contribution in [0, 0.1) is 12.7 Å². The van der Waals surface area contributed by atoms with Gasteiger partial charge in [0.25, 0.3) is 0 Å². The van der Waals surface area contributed by atoms with Crippen molar-refractivity contribution in [3.8, 4) is 0 Å². The van der Waals surface area contributed by atoms with Crippen LogP contribution in [0.15, 0.2) is 16.6 Å². The zero-order valence-corrected chi connectivity index (χ0v) is 8.74. The summed E-state index contributed by atoms with van der Waals surface area (Å²) in [6.07, 6.45) is -3.19. The van der Waals surface area contributed by atoms with Gasteiger partial charge in [-0.2, -0.15) is 0 Å². The Kier molecular flexibility index (Phi) is 3.31. The second-order valence-electron chi connectivity index (χ2n) is 2.72. The maximum absolute atomic E-state index is 13.3. The number of aryl methyl sites for hydroxylation is 1. The first-order chi connectivity index (χ1) is 6.45. The van der Waals surface area contributed by atoms with E-state index in [9.17, 15) is 18.0 Å². The molecule has 0 spiro atoms. The lowest BCUT2D eigenvalue weighted by Gasteiger charge is -2.06. The molecule has 1 aromatic carbocycles. The molecule has 0 aliphatic carbocycles. The molecular formula is C9H6BrF3O. The molecule has 0 unspecified atom stereocenters. The van der Waals surface area contributed by atoms with Crippen LogP contribution < -0.4 is 0 Å². The fourth-order valence-electron chi connectivity index (χ4n) is 0.992. The van der Waals surface area contributed by atoms with Crippen molar-refractivity contribution >= 4 is 21.7 Å². The van der Waals surface area contributed by atoms with Crippen molar-refractivity contribution in [3.63, 3.8) is 0 Å². The summed E-state index contributed by atoms with van der Waals surface area (Å²) in [5.74, 6) is -2.40. The predicted octanol–water partition coefficient (Wildman–Crippen LogP) is 3.34. The Morgan fingerprint density at radius 1 is 1.43 bits per heavy atom. The van der Waals surface area contributed by atoms with Gasteiger partial charge in [-0.25, -0.2) is 13.2 Å². The summed E-state index contributed by atoms with van der Waals surface area (Å²) in [4.78, 5) is 10.9. The van der Waals surface area contributed by atoms with Gasteiger partial charge in [0.1, 0.15) is 5.82 Å². The Hall–Kier alpha value is -0.840. The van der Waals surface area contributed by atoms with E-state index in [-0.39, 0.29) is 10.0 Å². The molecule has 0 saturated carbocycles. The monoisotopic (exact) mass is 266 g/mol. The van der Waals surface area contributed by atoms with Crippen molar-refractivity contribution in [2.75, 3.05) is 0 Å². The first-order valence-corrected chi connectivity index (χ1v) is 4.51. The van der Waals surface area contributed by atoms with Crippen LogP contribution in [0.5, 0.6) is 0 Å². The summed E-state index contributed by atoms with van der Waals surface area (Å²) in [5.41, 5.74) is -0.419. The average Bonchev–Trinajstić information content (AvgIpc) is 2.12. The van der Waals surface area contributed by atoms with Gasteiger partial charge in [0.05, 0.1) is 5.56 Å². The van der Waals surface area contributed by atoms with Gasteiger partial charge in [-0.1, -0.05) is 6.07 Å². The molecule has 1 nitrogen and oxygen atoms in total. The van der Waals surface area contributed by atoms with Crippen molar-refractivity contribution < 1.29 is 18.0 Å². The lowest BCUT2D eigenvalue weighted by atomic mass is 10.1. The third-order valence-electron chi connectivity index (χ3n) is 1.73. The number of carbonyl (C=O) groups excluding carboxylic acids is 1. The standard InChI is InChI=1S/C9H6BrF3O/c1-4-2-3-5(10)6(7(4)11)8(14)9(12)13/h2-3,9H,1H3. The minimum atomic E-state index is -3.19. The Balaban J connectivity index is 3.33. The SMILES string of the molecule is Cc1ccc(Br)c(C(=O)C(F)F)c1F. The molecule has 1 rings (SSSR count). The van der Waals surface area contributed by atoms with Crippen molar-refractivity contribution in [1.82, 2.24) is 0 Å². The summed E-state index contributed by atoms with van der Waals surface area (Å²) in [7, 11) is 0. The van der Waals surface area contributed by atoms with E-state index >= 15 is 0 Å². The van der Waals surface area contributed by atoms with Gasteiger partial charge in [-0.05, 0) is 34.5 Å². The quantitative estimate of drug-likeness (QED) is 0.751. The number of rotatable bonds is 2. The molecule has 0 fully saturated rings. The normalized spacial score (nSPS) is 10.7. The van der Waals surface area contributed by atoms with Crippen LogP contribution in [0.3, 0.4) is 0 Å². The molecule has 0 heterocycles. The molecular weight excluding hydrogens is 261 g/mol. The number of hydrogen-bond donors (Lipinski definition) is 0. The molecule has 0 saturated heterocycles. The highest BCUT2D eigenvalue weighted by Gasteiger charge is 2.24. The second kappa shape index (κ2) is 4.13. The minimum Gasteiger partial charge on any atom is -0.288 e. The van der Waals surface area contributed by atoms with E-state index in [1.807, 2.05) is 0 Å². The lowest BCUT2D eigenvalue weighted by molar-refractivity contribution is 0.0673. The number of benzene rings is 1. The molecule has 0 aliphatic rings. The highest BCUT2D eigenvalue weighted by molar-refractivity contribution is 9.10. The van der Waals surface area contributed by atoms with Crippen LogP contribution >= 0.6 is 15.9 Å². The largest absolute Gasteiger partial charge is 0.300 e. The van der Waals surface area contributed by atoms with E-state index < -0.39 is 23.6 Å². The van der Waals surface area contributed by atoms with Gasteiger partial charge in [0, 0.05) is 4.47 Å². The van der Waals surface area contributed by atoms with E-state index in [0.29, 0.717) is 0 Å². The summed E-state index contributed by atoms with van der Waals surface area (Å²) >= 11 is 2.86. The first-order valence-electron chi connectivity index (χ1n) is 3.72. The fourth-order valence-corrected chi connectivity index (χ4v) is 1.49. The smallest absolute Gasteiger partial charge is 0.288 e. The summed E-state index contributed by atoms with van der Waals surface area (Å²) < 4.78 is 37.5. The Morgan fingerprint density at radius 3 is 2.50 bits per heavy atom. The molecule has 1 aromatic rings. The predicted molar refractivity (Wildman–Crippen MR) is 49.2 cm³/mol. The lowest BCUT2D eigenvalue weighted by Crippen LogP contribution is -2.13. The topological polar surface area (TPSA) is 17.1 Å². The molecule has 0 N–H and O–H groups in total. The third kappa shape index (κ3) is 1.97. The Labute approximate surface area is 87.1 Å². The zero-order valence-electron chi connectivity index (χ0n) is 7.15. The van der Waals surface area contributed by atoms with Crippen molar-refractivity contribution in [1.29, 1.82) is 0 Å². The molecule has 0 aliphatic heterocycles. The molecule has 0 amide bonds. The third-order valence-corrected chi connectivity index (χ3v) is 2.39. The minimum absolute atomic E-state index is 0.0471. The van der Waals surface area contributed by atoms with E-state index in [1.165, 1.54) is 19.1 Å². The van der Waals surface area contributed by atoms with E-state index in [1.54, 1.807) is 0 Å². The number of hydrogen-bond acceptors (Lipinski definition) is 1. The molecule has 0 bridgehead atoms. The van der Waals surface area contributed by atoms with Crippen LogP contribution in [-0.2, 0) is 0 Å². The summed E-state index contributed by atoms with van der Waals surface area (Å²) in [6, 6.07) is 2.77. The number of ketones is 1. The first kappa shape index (κ1) is 11.2. The maximum Gasteiger partial charge on any atom is 0.300 e. The highest BCUT2D eigenvalue weighted by atomic mass is 79.9. The van der Waals surface area contributed by atoms with Crippen LogP contribution in [0.1, 0.15) is 15.9 Å². The van der Waals surface area contributed by atoms with E-state index in [4.69, 9.17) is 0 Å². The second-order valence-corrected chi connectivity index (χ2v) is 3.57. The molecule has 14 heavy (non-hydrogen) atoms. The summed E-state index contributed by atoms with van der Waals surface area (Å²) in [5, 5.41) is 0. The van der Waals surface area contributed by atoms with Gasteiger partial charge in [-0.15, -0.1) is 0 Å². The molecule has 76 valence electrons. The Morgan fingerprint density at radius 2 is 2.00 bits per heavy atom. The van der Waals surface area contributed by atoms with Crippen LogP contribution in [0.25, 0.3) is 0 Å². The van der Waals surface area contributed by atoms with Crippen molar-refractivity contribution in [2.24, 2.45) is 0 Å². The van der Waals surface area contributed by atoms with Crippen LogP contribution in [0.4, 0.5) is 13.2 Å². The van der Waals surface area contributed by atoms with E-state index in [2.05, 4.69) is 15.9 Å². The zero-order chi connectivity index (χ0) is 10.9. The van der Waals surface area contributed by atoms with Crippen LogP contribution in [-0.4, -0.2) is 12.2 Å². The molecule has 5 heteroatoms. The molecule has 0 aromatic heterocycles. The van der Waals surface area contributed by atoms with Gasteiger partial charge in [0.2, 0.25) is 5.78 Å². The van der Waals surface area contributed by atoms with Gasteiger partial charge < -0.3 is 0 Å². The van der Waals surface area contributed by atoms with Gasteiger partial charge in [0.15, 0.2) is 0 Å². The Bertz CT molecular complexity index is 377. The highest BCUT2D eigenvalue weighted by Crippen LogP contribution is 2.24. The number of halogens is 4. The molecule has 0 radical (unpaired) electrons. The molecule has 0 atom stereocenters. The van der Waals surface area contributed by atoms with Crippen molar-refractivity contribution in [2.45, 2.75) is 13.3 Å². The van der Waals surface area contributed by atoms with Crippen LogP contribution in [0.2, 0.25) is 0 Å². The van der Waals surface area contributed by atoms with Gasteiger partial charge >= 0.3 is 6.43 Å². The summed E-state index contributed by atoms with van der Waals surface area (Å²) in [6.45, 7) is 1.41. The maximum atomic E-state index is 13.3. The number of carbonyl (C=O) groups is 1. The van der Waals surface area contributed by atoms with Gasteiger partial charge in [-0.3, -0.25) is 4.79 Å². The number of alkyl halides is 2. The van der Waals surface area contributed by atoms with Crippen molar-refractivity contribution in [3.05, 3.63) is 33.5 Å². The average molecular weight is 267 g/mol. The number of Topliss-reactive ketones (excluding diaryl/α,β-unsaturated/α-hetero) is 1. The fraction of sp³-hybridized carbons (Fsp3) is 0.222. The van der Waals surface area contributed by atoms with E-state index in [0.717, 1.165) is 0 Å².